The Bertz CT molecular complexity index is 1000. The lowest BCUT2D eigenvalue weighted by Crippen LogP contribution is -2.19. The SMILES string of the molecule is C/C(=N\NC(=O)c1ccccc1)c1nn(C)c(-c2cc(C)cc(C)c2)c1O. The summed E-state index contributed by atoms with van der Waals surface area (Å²) in [6, 6.07) is 14.9. The fraction of sp³-hybridized carbons (Fsp3) is 0.190. The minimum atomic E-state index is -0.320. The van der Waals surface area contributed by atoms with Gasteiger partial charge in [-0.25, -0.2) is 5.43 Å². The number of nitrogens with zero attached hydrogens (tertiary/aromatic N) is 3. The van der Waals surface area contributed by atoms with E-state index in [9.17, 15) is 9.90 Å². The van der Waals surface area contributed by atoms with Crippen molar-refractivity contribution < 1.29 is 9.90 Å². The number of rotatable bonds is 4. The van der Waals surface area contributed by atoms with E-state index in [2.05, 4.69) is 21.7 Å². The van der Waals surface area contributed by atoms with E-state index < -0.39 is 0 Å². The van der Waals surface area contributed by atoms with Gasteiger partial charge in [-0.1, -0.05) is 35.4 Å². The maximum Gasteiger partial charge on any atom is 0.271 e. The summed E-state index contributed by atoms with van der Waals surface area (Å²) in [5.74, 6) is -0.280. The van der Waals surface area contributed by atoms with Gasteiger partial charge in [-0.3, -0.25) is 9.48 Å². The van der Waals surface area contributed by atoms with Gasteiger partial charge in [0, 0.05) is 18.2 Å². The van der Waals surface area contributed by atoms with Crippen molar-refractivity contribution in [1.29, 1.82) is 0 Å². The van der Waals surface area contributed by atoms with Gasteiger partial charge in [0.1, 0.15) is 5.69 Å². The Morgan fingerprint density at radius 3 is 2.37 bits per heavy atom. The molecular weight excluding hydrogens is 340 g/mol. The van der Waals surface area contributed by atoms with Crippen LogP contribution in [-0.4, -0.2) is 26.5 Å². The first-order valence-corrected chi connectivity index (χ1v) is 8.61. The smallest absolute Gasteiger partial charge is 0.271 e. The number of aromatic hydroxyl groups is 1. The lowest BCUT2D eigenvalue weighted by atomic mass is 10.0. The van der Waals surface area contributed by atoms with Crippen LogP contribution in [0.4, 0.5) is 0 Å². The molecule has 1 heterocycles. The number of hydrogen-bond donors (Lipinski definition) is 2. The van der Waals surface area contributed by atoms with Crippen molar-refractivity contribution in [2.75, 3.05) is 0 Å². The molecule has 0 bridgehead atoms. The Morgan fingerprint density at radius 1 is 1.11 bits per heavy atom. The minimum absolute atomic E-state index is 0.0395. The quantitative estimate of drug-likeness (QED) is 0.550. The van der Waals surface area contributed by atoms with Gasteiger partial charge in [0.15, 0.2) is 11.4 Å². The summed E-state index contributed by atoms with van der Waals surface area (Å²) in [6.45, 7) is 5.71. The summed E-state index contributed by atoms with van der Waals surface area (Å²) < 4.78 is 1.62. The first-order chi connectivity index (χ1) is 12.9. The number of amides is 1. The Balaban J connectivity index is 1.90. The summed E-state index contributed by atoms with van der Waals surface area (Å²) in [4.78, 5) is 12.1. The molecule has 6 nitrogen and oxygen atoms in total. The minimum Gasteiger partial charge on any atom is -0.504 e. The third kappa shape index (κ3) is 3.89. The zero-order valence-electron chi connectivity index (χ0n) is 15.8. The fourth-order valence-corrected chi connectivity index (χ4v) is 3.03. The number of carbonyl (C=O) groups excluding carboxylic acids is 1. The van der Waals surface area contributed by atoms with Gasteiger partial charge in [-0.05, 0) is 45.0 Å². The van der Waals surface area contributed by atoms with Crippen LogP contribution in [0.5, 0.6) is 5.75 Å². The predicted octanol–water partition coefficient (Wildman–Crippen LogP) is 3.56. The number of hydrazone groups is 1. The molecule has 1 amide bonds. The number of benzene rings is 2. The summed E-state index contributed by atoms with van der Waals surface area (Å²) >= 11 is 0. The lowest BCUT2D eigenvalue weighted by molar-refractivity contribution is 0.0955. The standard InChI is InChI=1S/C21H22N4O2/c1-13-10-14(2)12-17(11-13)19-20(26)18(24-25(19)4)15(3)22-23-21(27)16-8-6-5-7-9-16/h5-12,26H,1-4H3,(H,23,27)/b22-15+. The molecule has 0 aliphatic rings. The van der Waals surface area contributed by atoms with Gasteiger partial charge in [0.2, 0.25) is 0 Å². The molecule has 3 rings (SSSR count). The van der Waals surface area contributed by atoms with Crippen LogP contribution >= 0.6 is 0 Å². The summed E-state index contributed by atoms with van der Waals surface area (Å²) in [5.41, 5.74) is 7.46. The van der Waals surface area contributed by atoms with Gasteiger partial charge in [-0.15, -0.1) is 0 Å². The van der Waals surface area contributed by atoms with Crippen LogP contribution < -0.4 is 5.43 Å². The normalized spacial score (nSPS) is 11.5. The highest BCUT2D eigenvalue weighted by Gasteiger charge is 2.19. The first kappa shape index (κ1) is 18.4. The highest BCUT2D eigenvalue weighted by Crippen LogP contribution is 2.33. The zero-order chi connectivity index (χ0) is 19.6. The summed E-state index contributed by atoms with van der Waals surface area (Å²) in [5, 5.41) is 19.2. The van der Waals surface area contributed by atoms with Crippen molar-refractivity contribution in [3.05, 3.63) is 70.9 Å². The number of hydrogen-bond acceptors (Lipinski definition) is 4. The van der Waals surface area contributed by atoms with E-state index in [0.717, 1.165) is 16.7 Å². The van der Waals surface area contributed by atoms with Crippen molar-refractivity contribution in [3.63, 3.8) is 0 Å². The van der Waals surface area contributed by atoms with Crippen molar-refractivity contribution in [3.8, 4) is 17.0 Å². The number of aromatic nitrogens is 2. The molecule has 0 saturated carbocycles. The van der Waals surface area contributed by atoms with Crippen molar-refractivity contribution in [2.24, 2.45) is 12.1 Å². The largest absolute Gasteiger partial charge is 0.504 e. The van der Waals surface area contributed by atoms with Crippen LogP contribution in [0.2, 0.25) is 0 Å². The Labute approximate surface area is 158 Å². The van der Waals surface area contributed by atoms with Gasteiger partial charge in [0.25, 0.3) is 5.91 Å². The molecule has 6 heteroatoms. The van der Waals surface area contributed by atoms with E-state index in [-0.39, 0.29) is 11.7 Å². The second-order valence-corrected chi connectivity index (χ2v) is 6.55. The molecule has 0 aliphatic carbocycles. The topological polar surface area (TPSA) is 79.5 Å². The predicted molar refractivity (Wildman–Crippen MR) is 106 cm³/mol. The molecular formula is C21H22N4O2. The van der Waals surface area contributed by atoms with Gasteiger partial charge >= 0.3 is 0 Å². The molecule has 138 valence electrons. The van der Waals surface area contributed by atoms with Crippen LogP contribution in [0.1, 0.15) is 34.1 Å². The van der Waals surface area contributed by atoms with E-state index >= 15 is 0 Å². The molecule has 0 fully saturated rings. The molecule has 0 spiro atoms. The third-order valence-corrected chi connectivity index (χ3v) is 4.22. The van der Waals surface area contributed by atoms with Crippen LogP contribution in [0, 0.1) is 13.8 Å². The molecule has 27 heavy (non-hydrogen) atoms. The Morgan fingerprint density at radius 2 is 1.74 bits per heavy atom. The average molecular weight is 362 g/mol. The second kappa shape index (κ2) is 7.45. The zero-order valence-corrected chi connectivity index (χ0v) is 15.8. The highest BCUT2D eigenvalue weighted by atomic mass is 16.3. The van der Waals surface area contributed by atoms with Crippen LogP contribution in [0.15, 0.2) is 53.6 Å². The van der Waals surface area contributed by atoms with Gasteiger partial charge < -0.3 is 5.11 Å². The third-order valence-electron chi connectivity index (χ3n) is 4.22. The molecule has 1 aromatic heterocycles. The molecule has 0 saturated heterocycles. The number of nitrogens with one attached hydrogen (secondary N) is 1. The molecule has 0 unspecified atom stereocenters. The first-order valence-electron chi connectivity index (χ1n) is 8.61. The molecule has 0 radical (unpaired) electrons. The van der Waals surface area contributed by atoms with Crippen LogP contribution in [0.25, 0.3) is 11.3 Å². The average Bonchev–Trinajstić information content (AvgIpc) is 2.93. The maximum absolute atomic E-state index is 12.1. The van der Waals surface area contributed by atoms with Crippen LogP contribution in [-0.2, 0) is 7.05 Å². The van der Waals surface area contributed by atoms with Crippen molar-refractivity contribution in [2.45, 2.75) is 20.8 Å². The molecule has 2 N–H and O–H groups in total. The Kier molecular flexibility index (Phi) is 5.07. The lowest BCUT2D eigenvalue weighted by Gasteiger charge is -2.06. The fourth-order valence-electron chi connectivity index (χ4n) is 3.03. The molecule has 3 aromatic rings. The maximum atomic E-state index is 12.1. The second-order valence-electron chi connectivity index (χ2n) is 6.55. The van der Waals surface area contributed by atoms with Gasteiger partial charge in [0.05, 0.1) is 5.71 Å². The number of carbonyl (C=O) groups is 1. The van der Waals surface area contributed by atoms with Crippen molar-refractivity contribution in [1.82, 2.24) is 15.2 Å². The van der Waals surface area contributed by atoms with E-state index in [0.29, 0.717) is 22.7 Å². The molecule has 0 aliphatic heterocycles. The molecule has 0 atom stereocenters. The van der Waals surface area contributed by atoms with E-state index in [1.54, 1.807) is 42.9 Å². The Hall–Kier alpha value is -3.41. The van der Waals surface area contributed by atoms with E-state index in [1.165, 1.54) is 0 Å². The molecule has 2 aromatic carbocycles. The van der Waals surface area contributed by atoms with E-state index in [1.807, 2.05) is 32.0 Å². The summed E-state index contributed by atoms with van der Waals surface area (Å²) in [7, 11) is 1.77. The summed E-state index contributed by atoms with van der Waals surface area (Å²) in [6.07, 6.45) is 0. The highest BCUT2D eigenvalue weighted by molar-refractivity contribution is 6.02. The number of aryl methyl sites for hydroxylation is 3. The van der Waals surface area contributed by atoms with Crippen molar-refractivity contribution >= 4 is 11.6 Å². The van der Waals surface area contributed by atoms with Gasteiger partial charge in [-0.2, -0.15) is 10.2 Å². The van der Waals surface area contributed by atoms with E-state index in [4.69, 9.17) is 0 Å². The monoisotopic (exact) mass is 362 g/mol. The van der Waals surface area contributed by atoms with Crippen LogP contribution in [0.3, 0.4) is 0 Å².